The first-order valence-corrected chi connectivity index (χ1v) is 9.26. The van der Waals surface area contributed by atoms with E-state index >= 15 is 0 Å². The summed E-state index contributed by atoms with van der Waals surface area (Å²) < 4.78 is 5.22. The van der Waals surface area contributed by atoms with Gasteiger partial charge in [0.25, 0.3) is 0 Å². The Balaban J connectivity index is 1.79. The average molecular weight is 367 g/mol. The highest BCUT2D eigenvalue weighted by atomic mass is 32.1. The molecule has 0 spiro atoms. The van der Waals surface area contributed by atoms with E-state index in [2.05, 4.69) is 16.3 Å². The quantitative estimate of drug-likeness (QED) is 0.658. The summed E-state index contributed by atoms with van der Waals surface area (Å²) in [5.41, 5.74) is 3.10. The molecule has 1 aromatic heterocycles. The van der Waals surface area contributed by atoms with Gasteiger partial charge in [-0.15, -0.1) is 10.2 Å². The van der Waals surface area contributed by atoms with Crippen molar-refractivity contribution < 1.29 is 9.53 Å². The van der Waals surface area contributed by atoms with E-state index in [1.807, 2.05) is 56.3 Å². The lowest BCUT2D eigenvalue weighted by molar-refractivity contribution is -0.117. The van der Waals surface area contributed by atoms with Crippen LogP contribution in [0.4, 0.5) is 5.13 Å². The predicted molar refractivity (Wildman–Crippen MR) is 105 cm³/mol. The minimum absolute atomic E-state index is 0.00676. The van der Waals surface area contributed by atoms with Gasteiger partial charge in [0.05, 0.1) is 13.5 Å². The molecular formula is C20H21N3O2S. The molecule has 1 heterocycles. The lowest BCUT2D eigenvalue weighted by Gasteiger charge is -2.17. The minimum Gasteiger partial charge on any atom is -0.497 e. The largest absolute Gasteiger partial charge is 0.497 e. The third-order valence-electron chi connectivity index (χ3n) is 4.02. The van der Waals surface area contributed by atoms with Crippen LogP contribution in [0.1, 0.15) is 18.1 Å². The first-order valence-electron chi connectivity index (χ1n) is 8.44. The molecule has 0 aliphatic heterocycles. The zero-order valence-electron chi connectivity index (χ0n) is 15.1. The molecule has 2 aromatic carbocycles. The fraction of sp³-hybridized carbons (Fsp3) is 0.250. The van der Waals surface area contributed by atoms with Crippen LogP contribution in [0, 0.1) is 6.92 Å². The molecule has 3 aromatic rings. The number of aryl methyl sites for hydroxylation is 1. The number of ether oxygens (including phenoxy) is 1. The number of benzene rings is 2. The molecule has 5 nitrogen and oxygen atoms in total. The van der Waals surface area contributed by atoms with E-state index in [0.29, 0.717) is 18.1 Å². The highest BCUT2D eigenvalue weighted by molar-refractivity contribution is 7.18. The summed E-state index contributed by atoms with van der Waals surface area (Å²) >= 11 is 1.43. The lowest BCUT2D eigenvalue weighted by Crippen LogP contribution is -2.31. The van der Waals surface area contributed by atoms with E-state index in [0.717, 1.165) is 21.9 Å². The second-order valence-corrected chi connectivity index (χ2v) is 6.88. The fourth-order valence-corrected chi connectivity index (χ4v) is 3.61. The van der Waals surface area contributed by atoms with Crippen molar-refractivity contribution in [1.29, 1.82) is 0 Å². The monoisotopic (exact) mass is 367 g/mol. The topological polar surface area (TPSA) is 55.3 Å². The van der Waals surface area contributed by atoms with Crippen molar-refractivity contribution >= 4 is 22.4 Å². The number of carbonyl (C=O) groups excluding carboxylic acids is 1. The molecule has 0 N–H and O–H groups in total. The molecule has 0 atom stereocenters. The standard InChI is InChI=1S/C20H21N3O2S/c1-4-23(18(24)13-15-8-6-10-17(12-15)25-3)20-22-21-19(26-20)16-9-5-7-14(2)11-16/h5-12H,4,13H2,1-3H3. The number of amides is 1. The summed E-state index contributed by atoms with van der Waals surface area (Å²) in [6.45, 7) is 4.53. The summed E-state index contributed by atoms with van der Waals surface area (Å²) in [6.07, 6.45) is 0.296. The predicted octanol–water partition coefficient (Wildman–Crippen LogP) is 4.12. The SMILES string of the molecule is CCN(C(=O)Cc1cccc(OC)c1)c1nnc(-c2cccc(C)c2)s1. The van der Waals surface area contributed by atoms with Crippen LogP contribution in [-0.2, 0) is 11.2 Å². The van der Waals surface area contributed by atoms with Gasteiger partial charge in [0, 0.05) is 12.1 Å². The minimum atomic E-state index is -0.00676. The van der Waals surface area contributed by atoms with Gasteiger partial charge < -0.3 is 4.74 Å². The molecule has 0 saturated heterocycles. The maximum absolute atomic E-state index is 12.8. The Hall–Kier alpha value is -2.73. The number of anilines is 1. The van der Waals surface area contributed by atoms with Gasteiger partial charge in [-0.25, -0.2) is 0 Å². The third-order valence-corrected chi connectivity index (χ3v) is 5.01. The van der Waals surface area contributed by atoms with Crippen LogP contribution in [-0.4, -0.2) is 29.8 Å². The summed E-state index contributed by atoms with van der Waals surface area (Å²) in [4.78, 5) is 14.4. The number of nitrogens with zero attached hydrogens (tertiary/aromatic N) is 3. The molecule has 1 amide bonds. The number of likely N-dealkylation sites (N-methyl/N-ethyl adjacent to an activating group) is 1. The first-order chi connectivity index (χ1) is 12.6. The molecule has 6 heteroatoms. The smallest absolute Gasteiger partial charge is 0.233 e. The van der Waals surface area contributed by atoms with Crippen LogP contribution in [0.15, 0.2) is 48.5 Å². The fourth-order valence-electron chi connectivity index (χ4n) is 2.69. The Morgan fingerprint density at radius 3 is 2.69 bits per heavy atom. The third kappa shape index (κ3) is 4.08. The zero-order valence-corrected chi connectivity index (χ0v) is 15.9. The lowest BCUT2D eigenvalue weighted by atomic mass is 10.1. The maximum atomic E-state index is 12.8. The van der Waals surface area contributed by atoms with Crippen LogP contribution in [0.3, 0.4) is 0 Å². The number of methoxy groups -OCH3 is 1. The van der Waals surface area contributed by atoms with E-state index < -0.39 is 0 Å². The summed E-state index contributed by atoms with van der Waals surface area (Å²) in [6, 6.07) is 15.7. The Labute approximate surface area is 157 Å². The number of rotatable bonds is 6. The highest BCUT2D eigenvalue weighted by Crippen LogP contribution is 2.29. The van der Waals surface area contributed by atoms with Crippen LogP contribution in [0.2, 0.25) is 0 Å². The molecule has 0 unspecified atom stereocenters. The van der Waals surface area contributed by atoms with Crippen LogP contribution in [0.5, 0.6) is 5.75 Å². The zero-order chi connectivity index (χ0) is 18.5. The second kappa shape index (κ2) is 8.10. The molecule has 0 saturated carbocycles. The van der Waals surface area contributed by atoms with Crippen molar-refractivity contribution in [3.8, 4) is 16.3 Å². The summed E-state index contributed by atoms with van der Waals surface area (Å²) in [5.74, 6) is 0.740. The molecular weight excluding hydrogens is 346 g/mol. The van der Waals surface area contributed by atoms with Crippen LogP contribution < -0.4 is 9.64 Å². The molecule has 26 heavy (non-hydrogen) atoms. The van der Waals surface area contributed by atoms with Crippen molar-refractivity contribution in [3.05, 3.63) is 59.7 Å². The van der Waals surface area contributed by atoms with Crippen LogP contribution >= 0.6 is 11.3 Å². The number of hydrogen-bond acceptors (Lipinski definition) is 5. The second-order valence-electron chi connectivity index (χ2n) is 5.93. The normalized spacial score (nSPS) is 10.6. The Bertz CT molecular complexity index is 907. The molecule has 0 aliphatic carbocycles. The number of hydrogen-bond donors (Lipinski definition) is 0. The van der Waals surface area contributed by atoms with Gasteiger partial charge in [0.2, 0.25) is 11.0 Å². The maximum Gasteiger partial charge on any atom is 0.233 e. The molecule has 0 radical (unpaired) electrons. The van der Waals surface area contributed by atoms with E-state index in [1.165, 1.54) is 16.9 Å². The molecule has 0 bridgehead atoms. The number of carbonyl (C=O) groups is 1. The van der Waals surface area contributed by atoms with Gasteiger partial charge in [-0.05, 0) is 37.6 Å². The van der Waals surface area contributed by atoms with Crippen LogP contribution in [0.25, 0.3) is 10.6 Å². The molecule has 134 valence electrons. The summed E-state index contributed by atoms with van der Waals surface area (Å²) in [5, 5.41) is 9.94. The van der Waals surface area contributed by atoms with Crippen molar-refractivity contribution in [1.82, 2.24) is 10.2 Å². The average Bonchev–Trinajstić information content (AvgIpc) is 3.12. The molecule has 3 rings (SSSR count). The van der Waals surface area contributed by atoms with Crippen molar-refractivity contribution in [2.75, 3.05) is 18.6 Å². The number of aromatic nitrogens is 2. The first kappa shape index (κ1) is 18.1. The van der Waals surface area contributed by atoms with Gasteiger partial charge >= 0.3 is 0 Å². The van der Waals surface area contributed by atoms with E-state index in [9.17, 15) is 4.79 Å². The van der Waals surface area contributed by atoms with E-state index in [1.54, 1.807) is 12.0 Å². The molecule has 0 fully saturated rings. The highest BCUT2D eigenvalue weighted by Gasteiger charge is 2.19. The Morgan fingerprint density at radius 1 is 1.15 bits per heavy atom. The van der Waals surface area contributed by atoms with E-state index in [4.69, 9.17) is 4.74 Å². The van der Waals surface area contributed by atoms with Gasteiger partial charge in [-0.2, -0.15) is 0 Å². The Morgan fingerprint density at radius 2 is 1.96 bits per heavy atom. The van der Waals surface area contributed by atoms with Gasteiger partial charge in [0.1, 0.15) is 10.8 Å². The van der Waals surface area contributed by atoms with Gasteiger partial charge in [-0.3, -0.25) is 9.69 Å². The summed E-state index contributed by atoms with van der Waals surface area (Å²) in [7, 11) is 1.62. The molecule has 0 aliphatic rings. The Kier molecular flexibility index (Phi) is 5.63. The van der Waals surface area contributed by atoms with Gasteiger partial charge in [0.15, 0.2) is 0 Å². The van der Waals surface area contributed by atoms with Crippen molar-refractivity contribution in [2.45, 2.75) is 20.3 Å². The van der Waals surface area contributed by atoms with Crippen molar-refractivity contribution in [2.24, 2.45) is 0 Å². The van der Waals surface area contributed by atoms with Gasteiger partial charge in [-0.1, -0.05) is 47.2 Å². The van der Waals surface area contributed by atoms with E-state index in [-0.39, 0.29) is 5.91 Å². The van der Waals surface area contributed by atoms with Crippen molar-refractivity contribution in [3.63, 3.8) is 0 Å².